The minimum Gasteiger partial charge on any atom is -0.272 e. The van der Waals surface area contributed by atoms with E-state index in [4.69, 9.17) is 0 Å². The van der Waals surface area contributed by atoms with Gasteiger partial charge in [0.15, 0.2) is 4.34 Å². The van der Waals surface area contributed by atoms with Crippen LogP contribution in [0.1, 0.15) is 5.56 Å². The molecule has 1 N–H and O–H groups in total. The Bertz CT molecular complexity index is 1320. The lowest BCUT2D eigenvalue weighted by Gasteiger charge is -2.07. The van der Waals surface area contributed by atoms with Gasteiger partial charge in [-0.3, -0.25) is 4.79 Å². The Labute approximate surface area is 181 Å². The van der Waals surface area contributed by atoms with Gasteiger partial charge in [-0.1, -0.05) is 72.4 Å². The van der Waals surface area contributed by atoms with Gasteiger partial charge in [-0.25, -0.2) is 10.4 Å². The second-order valence-corrected chi connectivity index (χ2v) is 9.01. The average molecular weight is 428 g/mol. The van der Waals surface area contributed by atoms with Crippen molar-refractivity contribution in [3.8, 4) is 0 Å². The lowest BCUT2D eigenvalue weighted by atomic mass is 9.97. The molecule has 0 unspecified atom stereocenters. The Kier molecular flexibility index (Phi) is 5.17. The Balaban J connectivity index is 1.32. The van der Waals surface area contributed by atoms with Crippen molar-refractivity contribution in [1.82, 2.24) is 10.4 Å². The van der Waals surface area contributed by atoms with E-state index in [9.17, 15) is 4.79 Å². The molecule has 5 rings (SSSR count). The van der Waals surface area contributed by atoms with Crippen molar-refractivity contribution >= 4 is 67.0 Å². The third-order valence-electron chi connectivity index (χ3n) is 4.80. The van der Waals surface area contributed by atoms with Crippen LogP contribution in [0.15, 0.2) is 88.3 Å². The first-order chi connectivity index (χ1) is 14.8. The van der Waals surface area contributed by atoms with Gasteiger partial charge in [-0.2, -0.15) is 5.10 Å². The van der Waals surface area contributed by atoms with Gasteiger partial charge in [-0.05, 0) is 39.7 Å². The van der Waals surface area contributed by atoms with Crippen LogP contribution in [0.4, 0.5) is 0 Å². The minimum absolute atomic E-state index is 0.153. The van der Waals surface area contributed by atoms with Crippen LogP contribution in [0.5, 0.6) is 0 Å². The summed E-state index contributed by atoms with van der Waals surface area (Å²) in [6.45, 7) is 0. The molecule has 0 aliphatic rings. The van der Waals surface area contributed by atoms with Gasteiger partial charge in [0, 0.05) is 5.56 Å². The van der Waals surface area contributed by atoms with Crippen molar-refractivity contribution in [2.24, 2.45) is 5.10 Å². The van der Waals surface area contributed by atoms with E-state index in [1.165, 1.54) is 11.8 Å². The number of nitrogens with one attached hydrogen (secondary N) is 1. The van der Waals surface area contributed by atoms with Crippen LogP contribution in [0.25, 0.3) is 31.8 Å². The number of carbonyl (C=O) groups excluding carboxylic acids is 1. The van der Waals surface area contributed by atoms with Crippen molar-refractivity contribution in [3.05, 3.63) is 84.4 Å². The molecule has 0 bridgehead atoms. The van der Waals surface area contributed by atoms with Gasteiger partial charge < -0.3 is 0 Å². The monoisotopic (exact) mass is 427 g/mol. The van der Waals surface area contributed by atoms with E-state index in [-0.39, 0.29) is 11.7 Å². The number of thioether (sulfide) groups is 1. The van der Waals surface area contributed by atoms with E-state index in [0.29, 0.717) is 0 Å². The Morgan fingerprint density at radius 3 is 2.37 bits per heavy atom. The van der Waals surface area contributed by atoms with Crippen molar-refractivity contribution in [2.45, 2.75) is 4.34 Å². The molecule has 146 valence electrons. The van der Waals surface area contributed by atoms with Crippen LogP contribution >= 0.6 is 23.1 Å². The topological polar surface area (TPSA) is 54.4 Å². The summed E-state index contributed by atoms with van der Waals surface area (Å²) in [6, 6.07) is 26.6. The first-order valence-electron chi connectivity index (χ1n) is 9.49. The number of thiazole rings is 1. The summed E-state index contributed by atoms with van der Waals surface area (Å²) in [5.41, 5.74) is 4.62. The number of rotatable bonds is 5. The Morgan fingerprint density at radius 2 is 1.63 bits per heavy atom. The molecule has 0 aliphatic heterocycles. The number of hydrogen-bond acceptors (Lipinski definition) is 5. The average Bonchev–Trinajstić information content (AvgIpc) is 3.20. The molecule has 1 heterocycles. The molecule has 1 aromatic heterocycles. The number of carbonyl (C=O) groups is 1. The van der Waals surface area contributed by atoms with Crippen molar-refractivity contribution in [2.75, 3.05) is 5.75 Å². The van der Waals surface area contributed by atoms with Gasteiger partial charge in [0.25, 0.3) is 5.91 Å². The van der Waals surface area contributed by atoms with Crippen molar-refractivity contribution < 1.29 is 4.79 Å². The number of benzene rings is 4. The van der Waals surface area contributed by atoms with Gasteiger partial charge in [-0.15, -0.1) is 11.3 Å². The molecule has 0 aliphatic carbocycles. The zero-order valence-corrected chi connectivity index (χ0v) is 17.5. The second kappa shape index (κ2) is 8.26. The molecule has 4 aromatic carbocycles. The molecule has 1 amide bonds. The van der Waals surface area contributed by atoms with E-state index < -0.39 is 0 Å². The summed E-state index contributed by atoms with van der Waals surface area (Å²) in [7, 11) is 0. The third-order valence-corrected chi connectivity index (χ3v) is 6.98. The number of fused-ring (bicyclic) bond motifs is 3. The molecule has 0 radical (unpaired) electrons. The van der Waals surface area contributed by atoms with Crippen LogP contribution in [-0.2, 0) is 4.79 Å². The van der Waals surface area contributed by atoms with E-state index in [2.05, 4.69) is 45.8 Å². The van der Waals surface area contributed by atoms with E-state index in [1.807, 2.05) is 48.5 Å². The second-order valence-electron chi connectivity index (χ2n) is 6.76. The van der Waals surface area contributed by atoms with Gasteiger partial charge >= 0.3 is 0 Å². The molecule has 0 fully saturated rings. The predicted octanol–water partition coefficient (Wildman–Crippen LogP) is 5.85. The Hall–Kier alpha value is -3.22. The summed E-state index contributed by atoms with van der Waals surface area (Å²) >= 11 is 3.02. The first kappa shape index (κ1) is 18.8. The fraction of sp³-hybridized carbons (Fsp3) is 0.0417. The highest BCUT2D eigenvalue weighted by molar-refractivity contribution is 8.01. The molecular weight excluding hydrogens is 410 g/mol. The van der Waals surface area contributed by atoms with Crippen LogP contribution in [0.3, 0.4) is 0 Å². The summed E-state index contributed by atoms with van der Waals surface area (Å²) in [6.07, 6.45) is 1.74. The molecule has 30 heavy (non-hydrogen) atoms. The number of aromatic nitrogens is 1. The number of nitrogens with zero attached hydrogens (tertiary/aromatic N) is 2. The largest absolute Gasteiger partial charge is 0.272 e. The van der Waals surface area contributed by atoms with Gasteiger partial charge in [0.05, 0.1) is 22.2 Å². The van der Waals surface area contributed by atoms with Crippen LogP contribution in [0, 0.1) is 0 Å². The standard InChI is InChI=1S/C24H17N3OS2/c28-23(15-29-24-26-21-11-5-6-12-22(21)30-24)27-25-14-20-18-9-3-1-7-16(18)13-17-8-2-4-10-19(17)20/h1-14H,15H2,(H,27,28)/b25-14+. The quantitative estimate of drug-likeness (QED) is 0.166. The smallest absolute Gasteiger partial charge is 0.250 e. The zero-order chi connectivity index (χ0) is 20.3. The maximum Gasteiger partial charge on any atom is 0.250 e. The molecule has 6 heteroatoms. The normalized spacial score (nSPS) is 11.6. The first-order valence-corrected chi connectivity index (χ1v) is 11.3. The zero-order valence-electron chi connectivity index (χ0n) is 15.9. The molecule has 0 atom stereocenters. The molecular formula is C24H17N3OS2. The highest BCUT2D eigenvalue weighted by atomic mass is 32.2. The van der Waals surface area contributed by atoms with Crippen LogP contribution < -0.4 is 5.43 Å². The summed E-state index contributed by atoms with van der Waals surface area (Å²) < 4.78 is 2.01. The predicted molar refractivity (Wildman–Crippen MR) is 128 cm³/mol. The van der Waals surface area contributed by atoms with Gasteiger partial charge in [0.2, 0.25) is 0 Å². The fourth-order valence-corrected chi connectivity index (χ4v) is 5.29. The number of amides is 1. The fourth-order valence-electron chi connectivity index (χ4n) is 3.43. The minimum atomic E-state index is -0.153. The maximum atomic E-state index is 12.3. The van der Waals surface area contributed by atoms with E-state index in [1.54, 1.807) is 17.6 Å². The highest BCUT2D eigenvalue weighted by Gasteiger charge is 2.08. The highest BCUT2D eigenvalue weighted by Crippen LogP contribution is 2.29. The molecule has 0 saturated carbocycles. The molecule has 0 spiro atoms. The lowest BCUT2D eigenvalue weighted by Crippen LogP contribution is -2.19. The van der Waals surface area contributed by atoms with Crippen LogP contribution in [0.2, 0.25) is 0 Å². The SMILES string of the molecule is O=C(CSc1nc2ccccc2s1)N/N=C/c1c2ccccc2cc2ccccc12. The van der Waals surface area contributed by atoms with E-state index in [0.717, 1.165) is 41.7 Å². The third kappa shape index (κ3) is 3.79. The van der Waals surface area contributed by atoms with Crippen LogP contribution in [-0.4, -0.2) is 22.9 Å². The number of para-hydroxylation sites is 1. The number of hydrogen-bond donors (Lipinski definition) is 1. The summed E-state index contributed by atoms with van der Waals surface area (Å²) in [5, 5.41) is 8.76. The maximum absolute atomic E-state index is 12.3. The summed E-state index contributed by atoms with van der Waals surface area (Å²) in [5.74, 6) is 0.119. The summed E-state index contributed by atoms with van der Waals surface area (Å²) in [4.78, 5) is 16.8. The molecule has 5 aromatic rings. The lowest BCUT2D eigenvalue weighted by molar-refractivity contribution is -0.118. The van der Waals surface area contributed by atoms with Crippen molar-refractivity contribution in [3.63, 3.8) is 0 Å². The molecule has 0 saturated heterocycles. The Morgan fingerprint density at radius 1 is 0.967 bits per heavy atom. The van der Waals surface area contributed by atoms with Crippen molar-refractivity contribution in [1.29, 1.82) is 0 Å². The van der Waals surface area contributed by atoms with E-state index >= 15 is 0 Å². The number of hydrazone groups is 1. The molecule has 4 nitrogen and oxygen atoms in total. The van der Waals surface area contributed by atoms with Gasteiger partial charge in [0.1, 0.15) is 0 Å².